The number of hydrogen-bond acceptors (Lipinski definition) is 3. The molecule has 0 saturated heterocycles. The van der Waals surface area contributed by atoms with E-state index in [-0.39, 0.29) is 6.42 Å². The fourth-order valence-electron chi connectivity index (χ4n) is 5.80. The molecule has 0 bridgehead atoms. The number of carboxylic acids is 1. The molecule has 0 amide bonds. The molecule has 1 unspecified atom stereocenters. The Hall–Kier alpha value is -2.98. The van der Waals surface area contributed by atoms with Crippen molar-refractivity contribution >= 4 is 5.97 Å². The number of carbonyl (C=O) groups is 1. The summed E-state index contributed by atoms with van der Waals surface area (Å²) in [6.07, 6.45) is 14.1. The van der Waals surface area contributed by atoms with Crippen LogP contribution in [0.2, 0.25) is 0 Å². The van der Waals surface area contributed by atoms with Gasteiger partial charge in [0.1, 0.15) is 0 Å². The van der Waals surface area contributed by atoms with Crippen LogP contribution in [0, 0.1) is 6.92 Å². The lowest BCUT2D eigenvalue weighted by Crippen LogP contribution is -2.31. The fraction of sp³-hybridized carbons (Fsp3) is 0.455. The third-order valence-electron chi connectivity index (χ3n) is 8.06. The van der Waals surface area contributed by atoms with Crippen molar-refractivity contribution in [3.63, 3.8) is 0 Å². The maximum Gasteiger partial charge on any atom is 0.307 e. The van der Waals surface area contributed by atoms with Crippen molar-refractivity contribution in [2.75, 3.05) is 0 Å². The molecule has 2 aromatic carbocycles. The molecule has 4 rings (SSSR count). The van der Waals surface area contributed by atoms with Gasteiger partial charge in [0.25, 0.3) is 0 Å². The summed E-state index contributed by atoms with van der Waals surface area (Å²) >= 11 is 0. The molecular formula is C33H41NO3. The molecule has 1 fully saturated rings. The zero-order chi connectivity index (χ0) is 26.3. The predicted octanol–water partition coefficient (Wildman–Crippen LogP) is 7.63. The molecule has 2 N–H and O–H groups in total. The Morgan fingerprint density at radius 3 is 2.38 bits per heavy atom. The largest absolute Gasteiger partial charge is 0.481 e. The van der Waals surface area contributed by atoms with Gasteiger partial charge < -0.3 is 10.2 Å². The van der Waals surface area contributed by atoms with Gasteiger partial charge >= 0.3 is 5.97 Å². The van der Waals surface area contributed by atoms with Crippen LogP contribution in [0.5, 0.6) is 0 Å². The summed E-state index contributed by atoms with van der Waals surface area (Å²) < 4.78 is 0. The molecule has 1 aliphatic carbocycles. The monoisotopic (exact) mass is 499 g/mol. The first kappa shape index (κ1) is 27.1. The fourth-order valence-corrected chi connectivity index (χ4v) is 5.80. The quantitative estimate of drug-likeness (QED) is 0.284. The van der Waals surface area contributed by atoms with Crippen LogP contribution in [0.4, 0.5) is 0 Å². The zero-order valence-electron chi connectivity index (χ0n) is 22.4. The lowest BCUT2D eigenvalue weighted by atomic mass is 9.80. The average molecular weight is 500 g/mol. The molecule has 0 radical (unpaired) electrons. The van der Waals surface area contributed by atoms with Crippen LogP contribution in [0.3, 0.4) is 0 Å². The first-order chi connectivity index (χ1) is 17.9. The van der Waals surface area contributed by atoms with E-state index in [2.05, 4.69) is 61.3 Å². The Bertz CT molecular complexity index is 1180. The van der Waals surface area contributed by atoms with E-state index >= 15 is 0 Å². The van der Waals surface area contributed by atoms with Gasteiger partial charge in [-0.2, -0.15) is 0 Å². The predicted molar refractivity (Wildman–Crippen MR) is 150 cm³/mol. The number of aromatic nitrogens is 1. The van der Waals surface area contributed by atoms with Crippen molar-refractivity contribution in [3.05, 3.63) is 88.7 Å². The van der Waals surface area contributed by atoms with Gasteiger partial charge in [0.2, 0.25) is 0 Å². The van der Waals surface area contributed by atoms with Gasteiger partial charge in [0.15, 0.2) is 0 Å². The molecule has 1 heterocycles. The standard InChI is InChI=1S/C33H41NO3/c1-3-4-8-31(28-12-10-27(11-13-28)30-20-25(21-32(35)36)22-34-23-30)29-14-9-26(24(2)19-29)15-18-33(37)16-6-5-7-17-33/h9-14,19-20,22-23,31,37H,3-8,15-18,21H2,1-2H3,(H,35,36). The number of benzene rings is 2. The molecule has 1 atom stereocenters. The van der Waals surface area contributed by atoms with Crippen LogP contribution in [-0.2, 0) is 17.6 Å². The smallest absolute Gasteiger partial charge is 0.307 e. The number of hydrogen-bond donors (Lipinski definition) is 2. The van der Waals surface area contributed by atoms with Gasteiger partial charge in [0, 0.05) is 23.9 Å². The summed E-state index contributed by atoms with van der Waals surface area (Å²) in [5.74, 6) is -0.514. The highest BCUT2D eigenvalue weighted by atomic mass is 16.4. The van der Waals surface area contributed by atoms with Crippen LogP contribution in [0.25, 0.3) is 11.1 Å². The molecular weight excluding hydrogens is 458 g/mol. The maximum absolute atomic E-state index is 11.1. The minimum atomic E-state index is -0.848. The van der Waals surface area contributed by atoms with Gasteiger partial charge in [-0.05, 0) is 78.5 Å². The lowest BCUT2D eigenvalue weighted by Gasteiger charge is -2.32. The number of unbranched alkanes of at least 4 members (excludes halogenated alkanes) is 1. The highest BCUT2D eigenvalue weighted by Gasteiger charge is 2.28. The molecule has 1 aromatic heterocycles. The van der Waals surface area contributed by atoms with Crippen molar-refractivity contribution in [3.8, 4) is 11.1 Å². The van der Waals surface area contributed by atoms with E-state index in [4.69, 9.17) is 5.11 Å². The molecule has 0 spiro atoms. The van der Waals surface area contributed by atoms with Gasteiger partial charge in [-0.15, -0.1) is 0 Å². The number of nitrogens with zero attached hydrogens (tertiary/aromatic N) is 1. The van der Waals surface area contributed by atoms with E-state index in [0.29, 0.717) is 11.5 Å². The Labute approximate surface area is 221 Å². The van der Waals surface area contributed by atoms with Gasteiger partial charge in [0.05, 0.1) is 12.0 Å². The van der Waals surface area contributed by atoms with Crippen molar-refractivity contribution in [2.45, 2.75) is 96.0 Å². The molecule has 0 aliphatic heterocycles. The van der Waals surface area contributed by atoms with Crippen molar-refractivity contribution < 1.29 is 15.0 Å². The van der Waals surface area contributed by atoms with E-state index in [1.807, 2.05) is 6.07 Å². The van der Waals surface area contributed by atoms with Crippen molar-refractivity contribution in [1.82, 2.24) is 4.98 Å². The first-order valence-electron chi connectivity index (χ1n) is 13.9. The first-order valence-corrected chi connectivity index (χ1v) is 13.9. The normalized spacial score (nSPS) is 15.9. The highest BCUT2D eigenvalue weighted by molar-refractivity contribution is 5.71. The van der Waals surface area contributed by atoms with Crippen LogP contribution < -0.4 is 0 Å². The summed E-state index contributed by atoms with van der Waals surface area (Å²) in [6, 6.07) is 17.5. The van der Waals surface area contributed by atoms with Crippen LogP contribution in [0.15, 0.2) is 60.9 Å². The van der Waals surface area contributed by atoms with Crippen LogP contribution >= 0.6 is 0 Å². The Balaban J connectivity index is 1.51. The summed E-state index contributed by atoms with van der Waals surface area (Å²) in [6.45, 7) is 4.45. The van der Waals surface area contributed by atoms with E-state index in [1.54, 1.807) is 12.4 Å². The molecule has 4 nitrogen and oxygen atoms in total. The van der Waals surface area contributed by atoms with E-state index in [1.165, 1.54) is 35.1 Å². The second kappa shape index (κ2) is 12.5. The SMILES string of the molecule is CCCCC(c1ccc(-c2cncc(CC(=O)O)c2)cc1)c1ccc(CCC2(O)CCCCC2)c(C)c1. The zero-order valence-corrected chi connectivity index (χ0v) is 22.4. The average Bonchev–Trinajstić information content (AvgIpc) is 2.89. The second-order valence-electron chi connectivity index (χ2n) is 10.9. The second-order valence-corrected chi connectivity index (χ2v) is 10.9. The van der Waals surface area contributed by atoms with Crippen LogP contribution in [-0.4, -0.2) is 26.8 Å². The summed E-state index contributed by atoms with van der Waals surface area (Å²) in [7, 11) is 0. The van der Waals surface area contributed by atoms with Gasteiger partial charge in [-0.1, -0.05) is 81.5 Å². The summed E-state index contributed by atoms with van der Waals surface area (Å²) in [4.78, 5) is 15.3. The number of aliphatic carboxylic acids is 1. The van der Waals surface area contributed by atoms with E-state index in [0.717, 1.165) is 62.5 Å². The molecule has 37 heavy (non-hydrogen) atoms. The number of aliphatic hydroxyl groups is 1. The molecule has 4 heteroatoms. The molecule has 3 aromatic rings. The third-order valence-corrected chi connectivity index (χ3v) is 8.06. The molecule has 1 aliphatic rings. The lowest BCUT2D eigenvalue weighted by molar-refractivity contribution is -0.136. The minimum absolute atomic E-state index is 0.0212. The van der Waals surface area contributed by atoms with Crippen molar-refractivity contribution in [1.29, 1.82) is 0 Å². The summed E-state index contributed by atoms with van der Waals surface area (Å²) in [5.41, 5.74) is 7.54. The number of aryl methyl sites for hydroxylation is 2. The van der Waals surface area contributed by atoms with E-state index in [9.17, 15) is 9.90 Å². The van der Waals surface area contributed by atoms with Gasteiger partial charge in [-0.3, -0.25) is 9.78 Å². The Kier molecular flexibility index (Phi) is 9.15. The highest BCUT2D eigenvalue weighted by Crippen LogP contribution is 2.35. The summed E-state index contributed by atoms with van der Waals surface area (Å²) in [5, 5.41) is 20.0. The third kappa shape index (κ3) is 7.29. The number of rotatable bonds is 11. The molecule has 1 saturated carbocycles. The van der Waals surface area contributed by atoms with E-state index < -0.39 is 11.6 Å². The van der Waals surface area contributed by atoms with Crippen LogP contribution in [0.1, 0.15) is 98.4 Å². The molecule has 196 valence electrons. The number of pyridine rings is 1. The topological polar surface area (TPSA) is 70.4 Å². The maximum atomic E-state index is 11.1. The van der Waals surface area contributed by atoms with Crippen molar-refractivity contribution in [2.24, 2.45) is 0 Å². The Morgan fingerprint density at radius 1 is 0.973 bits per heavy atom. The number of carboxylic acid groups (broad SMARTS) is 1. The van der Waals surface area contributed by atoms with Gasteiger partial charge in [-0.25, -0.2) is 0 Å². The minimum Gasteiger partial charge on any atom is -0.481 e. The Morgan fingerprint density at radius 2 is 1.70 bits per heavy atom.